The Morgan fingerprint density at radius 2 is 1.76 bits per heavy atom. The zero-order chi connectivity index (χ0) is 30.9. The Balaban J connectivity index is 1.88. The summed E-state index contributed by atoms with van der Waals surface area (Å²) in [6.07, 6.45) is 6.75. The second kappa shape index (κ2) is 14.8. The zero-order valence-electron chi connectivity index (χ0n) is 24.3. The highest BCUT2D eigenvalue weighted by molar-refractivity contribution is 5.88. The van der Waals surface area contributed by atoms with Gasteiger partial charge in [-0.05, 0) is 65.0 Å². The maximum Gasteiger partial charge on any atom is 0.408 e. The lowest BCUT2D eigenvalue weighted by atomic mass is 10.0. The molecular weight excluding hydrogens is 548 g/mol. The summed E-state index contributed by atoms with van der Waals surface area (Å²) < 4.78 is 11.4. The van der Waals surface area contributed by atoms with Crippen LogP contribution in [0.2, 0.25) is 0 Å². The number of carboxylic acid groups (broad SMARTS) is 1. The normalized spacial score (nSPS) is 26.0. The number of allylic oxidation sites excluding steroid dienone is 2. The van der Waals surface area contributed by atoms with E-state index in [1.54, 1.807) is 20.8 Å². The van der Waals surface area contributed by atoms with Crippen molar-refractivity contribution in [3.05, 3.63) is 46.5 Å². The number of nitro groups is 1. The lowest BCUT2D eigenvalue weighted by Gasteiger charge is -2.26. The average Bonchev–Trinajstić information content (AvgIpc) is 3.32. The highest BCUT2D eigenvalue weighted by atomic mass is 16.6. The van der Waals surface area contributed by atoms with E-state index >= 15 is 0 Å². The van der Waals surface area contributed by atoms with Gasteiger partial charge < -0.3 is 25.2 Å². The fourth-order valence-electron chi connectivity index (χ4n) is 5.10. The molecule has 13 nitrogen and oxygen atoms in total. The largest absolute Gasteiger partial charge is 0.484 e. The van der Waals surface area contributed by atoms with Gasteiger partial charge in [0.15, 0.2) is 12.1 Å². The van der Waals surface area contributed by atoms with Gasteiger partial charge in [-0.25, -0.2) is 14.4 Å². The molecule has 3 rings (SSSR count). The van der Waals surface area contributed by atoms with E-state index in [1.807, 2.05) is 12.2 Å². The van der Waals surface area contributed by atoms with Crippen molar-refractivity contribution in [2.75, 3.05) is 6.54 Å². The number of amides is 3. The highest BCUT2D eigenvalue weighted by Crippen LogP contribution is 2.21. The topological polar surface area (TPSA) is 179 Å². The van der Waals surface area contributed by atoms with E-state index in [-0.39, 0.29) is 30.0 Å². The summed E-state index contributed by atoms with van der Waals surface area (Å²) in [7, 11) is 0. The highest BCUT2D eigenvalue weighted by Gasteiger charge is 2.48. The fraction of sp³-hybridized carbons (Fsp3) is 0.586. The van der Waals surface area contributed by atoms with Crippen molar-refractivity contribution in [2.24, 2.45) is 0 Å². The molecule has 2 aliphatic rings. The van der Waals surface area contributed by atoms with Gasteiger partial charge in [-0.3, -0.25) is 19.8 Å². The summed E-state index contributed by atoms with van der Waals surface area (Å²) in [5.74, 6) is -1.87. The molecule has 3 amide bonds. The Bertz CT molecular complexity index is 1160. The Hall–Kier alpha value is -4.00. The fourth-order valence-corrected chi connectivity index (χ4v) is 5.10. The molecule has 13 heteroatoms. The first-order chi connectivity index (χ1) is 19.8. The predicted molar refractivity (Wildman–Crippen MR) is 151 cm³/mol. The van der Waals surface area contributed by atoms with Crippen molar-refractivity contribution in [1.82, 2.24) is 10.6 Å². The molecular formula is C29H41N4O9+. The number of non-ortho nitro benzene ring substituents is 1. The minimum Gasteiger partial charge on any atom is -0.484 e. The average molecular weight is 590 g/mol. The van der Waals surface area contributed by atoms with Crippen LogP contribution in [0.1, 0.15) is 72.1 Å². The molecule has 2 aliphatic heterocycles. The Morgan fingerprint density at radius 3 is 2.40 bits per heavy atom. The van der Waals surface area contributed by atoms with Crippen LogP contribution in [0.5, 0.6) is 5.75 Å². The van der Waals surface area contributed by atoms with Gasteiger partial charge in [0.1, 0.15) is 30.0 Å². The smallest absolute Gasteiger partial charge is 0.408 e. The molecule has 0 aromatic heterocycles. The number of quaternary nitrogens is 1. The van der Waals surface area contributed by atoms with Gasteiger partial charge in [0, 0.05) is 12.1 Å². The number of nitrogens with zero attached hydrogens (tertiary/aromatic N) is 1. The molecule has 1 saturated heterocycles. The van der Waals surface area contributed by atoms with Gasteiger partial charge in [0.05, 0.1) is 11.3 Å². The number of fused-ring (bicyclic) bond motifs is 1. The summed E-state index contributed by atoms with van der Waals surface area (Å²) in [5, 5.41) is 26.0. The molecule has 0 bridgehead atoms. The number of alkyl carbamates (subject to hydrolysis) is 1. The van der Waals surface area contributed by atoms with Crippen LogP contribution in [-0.4, -0.2) is 70.3 Å². The van der Waals surface area contributed by atoms with Crippen molar-refractivity contribution in [1.29, 1.82) is 0 Å². The first-order valence-corrected chi connectivity index (χ1v) is 14.3. The van der Waals surface area contributed by atoms with Crippen LogP contribution in [0.15, 0.2) is 36.4 Å². The lowest BCUT2D eigenvalue weighted by Crippen LogP contribution is -3.19. The van der Waals surface area contributed by atoms with E-state index < -0.39 is 58.6 Å². The third kappa shape index (κ3) is 9.82. The molecule has 230 valence electrons. The van der Waals surface area contributed by atoms with E-state index in [1.165, 1.54) is 24.3 Å². The van der Waals surface area contributed by atoms with Crippen molar-refractivity contribution in [3.8, 4) is 5.75 Å². The number of aliphatic carboxylic acids is 1. The number of carboxylic acids is 1. The molecule has 2 heterocycles. The van der Waals surface area contributed by atoms with Gasteiger partial charge in [-0.15, -0.1) is 0 Å². The number of ether oxygens (including phenoxy) is 2. The minimum absolute atomic E-state index is 0.0703. The standard InChI is InChI=1S/C29H40N4O9/c1-29(2,3)42-28(38)31-22-11-9-7-5-4-6-8-10-12-23(27(36)37)30-25(34)24-17-21(18-32(24)26(22)35)41-20-15-13-19(14-16-20)33(39)40/h6,8,13-16,21-24H,4-5,7,9-12,17-18H2,1-3H3,(H,30,34)(H,31,38)(H,36,37)/p+1. The minimum atomic E-state index is -1.17. The molecule has 0 spiro atoms. The van der Waals surface area contributed by atoms with Crippen LogP contribution in [0.4, 0.5) is 10.5 Å². The summed E-state index contributed by atoms with van der Waals surface area (Å²) in [5.41, 5.74) is -0.890. The van der Waals surface area contributed by atoms with E-state index in [0.717, 1.165) is 19.3 Å². The van der Waals surface area contributed by atoms with E-state index in [4.69, 9.17) is 9.47 Å². The molecule has 5 atom stereocenters. The first kappa shape index (κ1) is 32.5. The van der Waals surface area contributed by atoms with Gasteiger partial charge in [-0.1, -0.05) is 25.0 Å². The third-order valence-corrected chi connectivity index (χ3v) is 7.12. The number of hydrogen-bond acceptors (Lipinski definition) is 8. The molecule has 0 aliphatic carbocycles. The van der Waals surface area contributed by atoms with Crippen molar-refractivity contribution >= 4 is 29.6 Å². The molecule has 1 fully saturated rings. The maximum atomic E-state index is 14.0. The van der Waals surface area contributed by atoms with Crippen LogP contribution in [-0.2, 0) is 19.1 Å². The van der Waals surface area contributed by atoms with Crippen molar-refractivity contribution in [3.63, 3.8) is 0 Å². The quantitative estimate of drug-likeness (QED) is 0.228. The number of carbonyl (C=O) groups excluding carboxylic acids is 3. The van der Waals surface area contributed by atoms with Crippen LogP contribution in [0.25, 0.3) is 0 Å². The van der Waals surface area contributed by atoms with E-state index in [2.05, 4.69) is 10.6 Å². The summed E-state index contributed by atoms with van der Waals surface area (Å²) in [6.45, 7) is 5.21. The lowest BCUT2D eigenvalue weighted by molar-refractivity contribution is -0.825. The van der Waals surface area contributed by atoms with Gasteiger partial charge in [0.2, 0.25) is 0 Å². The molecule has 1 aromatic rings. The number of nitro benzene ring substituents is 1. The van der Waals surface area contributed by atoms with Crippen molar-refractivity contribution < 1.29 is 43.6 Å². The summed E-state index contributed by atoms with van der Waals surface area (Å²) in [6, 6.07) is 2.41. The van der Waals surface area contributed by atoms with E-state index in [0.29, 0.717) is 25.0 Å². The second-order valence-electron chi connectivity index (χ2n) is 11.7. The molecule has 4 N–H and O–H groups in total. The number of rotatable bonds is 5. The van der Waals surface area contributed by atoms with Gasteiger partial charge >= 0.3 is 18.0 Å². The monoisotopic (exact) mass is 589 g/mol. The number of carbonyl (C=O) groups is 4. The van der Waals surface area contributed by atoms with Crippen LogP contribution in [0, 0.1) is 10.1 Å². The predicted octanol–water partition coefficient (Wildman–Crippen LogP) is 2.29. The number of hydrogen-bond donors (Lipinski definition) is 4. The zero-order valence-corrected chi connectivity index (χ0v) is 24.3. The second-order valence-corrected chi connectivity index (χ2v) is 11.7. The molecule has 1 aromatic carbocycles. The van der Waals surface area contributed by atoms with Crippen LogP contribution in [0.3, 0.4) is 0 Å². The van der Waals surface area contributed by atoms with Crippen LogP contribution >= 0.6 is 0 Å². The Labute approximate surface area is 244 Å². The number of nitrogens with one attached hydrogen (secondary N) is 3. The van der Waals surface area contributed by atoms with Crippen molar-refractivity contribution in [2.45, 2.75) is 102 Å². The molecule has 0 radical (unpaired) electrons. The Morgan fingerprint density at radius 1 is 1.07 bits per heavy atom. The number of benzene rings is 1. The summed E-state index contributed by atoms with van der Waals surface area (Å²) in [4.78, 5) is 62.7. The SMILES string of the molecule is CC(C)(C)OC(=O)NC1CCCCCC=CCCC(C(=O)O)NC(=O)C2CC(Oc3ccc([N+](=O)[O-])cc3)C[NH+]2C1=O. The summed E-state index contributed by atoms with van der Waals surface area (Å²) >= 11 is 0. The van der Waals surface area contributed by atoms with Crippen LogP contribution < -0.4 is 20.3 Å². The van der Waals surface area contributed by atoms with Gasteiger partial charge in [0.25, 0.3) is 11.6 Å². The molecule has 5 unspecified atom stereocenters. The Kier molecular flexibility index (Phi) is 11.4. The molecule has 42 heavy (non-hydrogen) atoms. The molecule has 0 saturated carbocycles. The van der Waals surface area contributed by atoms with Gasteiger partial charge in [-0.2, -0.15) is 0 Å². The maximum absolute atomic E-state index is 14.0. The third-order valence-electron chi connectivity index (χ3n) is 7.12. The first-order valence-electron chi connectivity index (χ1n) is 14.3. The van der Waals surface area contributed by atoms with E-state index in [9.17, 15) is 34.4 Å².